The fourth-order valence-corrected chi connectivity index (χ4v) is 2.53. The van der Waals surface area contributed by atoms with Crippen LogP contribution in [-0.2, 0) is 0 Å². The van der Waals surface area contributed by atoms with Crippen molar-refractivity contribution in [3.05, 3.63) is 79.9 Å². The van der Waals surface area contributed by atoms with E-state index in [2.05, 4.69) is 5.32 Å². The maximum atomic E-state index is 12.4. The average Bonchev–Trinajstić information content (AvgIpc) is 2.67. The number of non-ortho nitro benzene ring substituents is 2. The number of carbonyl (C=O) groups is 2. The van der Waals surface area contributed by atoms with Gasteiger partial charge in [0, 0.05) is 55.0 Å². The molecule has 10 heteroatoms. The quantitative estimate of drug-likeness (QED) is 0.573. The molecule has 146 valence electrons. The molecule has 2 rings (SSSR count). The molecule has 0 aliphatic rings. The van der Waals surface area contributed by atoms with E-state index in [1.54, 1.807) is 14.0 Å². The maximum absolute atomic E-state index is 12.4. The normalized spacial score (nSPS) is 11.4. The molecule has 0 aromatic heterocycles. The van der Waals surface area contributed by atoms with Gasteiger partial charge in [-0.15, -0.1) is 0 Å². The Kier molecular flexibility index (Phi) is 6.38. The van der Waals surface area contributed by atoms with Crippen molar-refractivity contribution < 1.29 is 19.4 Å². The van der Waals surface area contributed by atoms with Crippen molar-refractivity contribution >= 4 is 23.2 Å². The van der Waals surface area contributed by atoms with Crippen LogP contribution in [0.4, 0.5) is 11.4 Å². The van der Waals surface area contributed by atoms with Crippen LogP contribution < -0.4 is 5.32 Å². The molecule has 2 aromatic carbocycles. The summed E-state index contributed by atoms with van der Waals surface area (Å²) in [5.74, 6) is -0.759. The third-order valence-electron chi connectivity index (χ3n) is 3.94. The number of likely N-dealkylation sites (N-methyl/N-ethyl adjacent to an activating group) is 1. The van der Waals surface area contributed by atoms with E-state index in [4.69, 9.17) is 0 Å². The van der Waals surface area contributed by atoms with E-state index in [1.807, 2.05) is 0 Å². The minimum atomic E-state index is -0.553. The number of amides is 2. The number of hydrogen-bond acceptors (Lipinski definition) is 6. The van der Waals surface area contributed by atoms with Gasteiger partial charge in [0.05, 0.1) is 9.85 Å². The molecule has 0 bridgehead atoms. The Hall–Kier alpha value is -3.82. The van der Waals surface area contributed by atoms with E-state index in [0.717, 1.165) is 0 Å². The van der Waals surface area contributed by atoms with Gasteiger partial charge in [0.1, 0.15) is 0 Å². The van der Waals surface area contributed by atoms with Crippen LogP contribution >= 0.6 is 0 Å². The molecule has 0 aliphatic heterocycles. The number of carbonyl (C=O) groups excluding carboxylic acids is 2. The predicted octanol–water partition coefficient (Wildman–Crippen LogP) is 2.39. The van der Waals surface area contributed by atoms with Gasteiger partial charge in [0.15, 0.2) is 0 Å². The van der Waals surface area contributed by atoms with Gasteiger partial charge in [-0.3, -0.25) is 29.8 Å². The van der Waals surface area contributed by atoms with Gasteiger partial charge in [-0.05, 0) is 31.2 Å². The highest BCUT2D eigenvalue weighted by Crippen LogP contribution is 2.14. The first-order valence-corrected chi connectivity index (χ1v) is 8.24. The van der Waals surface area contributed by atoms with Crippen molar-refractivity contribution in [2.24, 2.45) is 0 Å². The Balaban J connectivity index is 1.94. The van der Waals surface area contributed by atoms with E-state index >= 15 is 0 Å². The van der Waals surface area contributed by atoms with Crippen LogP contribution in [0, 0.1) is 20.2 Å². The fraction of sp³-hybridized carbons (Fsp3) is 0.222. The highest BCUT2D eigenvalue weighted by molar-refractivity contribution is 5.95. The molecule has 1 N–H and O–H groups in total. The lowest BCUT2D eigenvalue weighted by Crippen LogP contribution is -2.42. The Morgan fingerprint density at radius 2 is 1.36 bits per heavy atom. The molecule has 1 atom stereocenters. The van der Waals surface area contributed by atoms with E-state index < -0.39 is 21.8 Å². The summed E-state index contributed by atoms with van der Waals surface area (Å²) >= 11 is 0. The fourth-order valence-electron chi connectivity index (χ4n) is 2.53. The van der Waals surface area contributed by atoms with Crippen LogP contribution in [0.3, 0.4) is 0 Å². The lowest BCUT2D eigenvalue weighted by atomic mass is 10.1. The summed E-state index contributed by atoms with van der Waals surface area (Å²) in [6.07, 6.45) is 0. The topological polar surface area (TPSA) is 136 Å². The van der Waals surface area contributed by atoms with Gasteiger partial charge in [0.25, 0.3) is 23.2 Å². The van der Waals surface area contributed by atoms with Crippen LogP contribution in [0.1, 0.15) is 27.6 Å². The van der Waals surface area contributed by atoms with Gasteiger partial charge >= 0.3 is 0 Å². The Morgan fingerprint density at radius 1 is 0.929 bits per heavy atom. The highest BCUT2D eigenvalue weighted by atomic mass is 16.6. The van der Waals surface area contributed by atoms with Crippen LogP contribution in [0.15, 0.2) is 48.5 Å². The van der Waals surface area contributed by atoms with Crippen molar-refractivity contribution in [2.45, 2.75) is 13.0 Å². The van der Waals surface area contributed by atoms with E-state index in [-0.39, 0.29) is 29.4 Å². The summed E-state index contributed by atoms with van der Waals surface area (Å²) in [6, 6.07) is 10.0. The zero-order valence-corrected chi connectivity index (χ0v) is 15.2. The molecular weight excluding hydrogens is 368 g/mol. The summed E-state index contributed by atoms with van der Waals surface area (Å²) < 4.78 is 0. The van der Waals surface area contributed by atoms with Crippen molar-refractivity contribution in [2.75, 3.05) is 13.6 Å². The molecule has 0 saturated carbocycles. The molecule has 0 spiro atoms. The number of benzene rings is 2. The Bertz CT molecular complexity index is 895. The average molecular weight is 386 g/mol. The van der Waals surface area contributed by atoms with E-state index in [9.17, 15) is 29.8 Å². The Morgan fingerprint density at radius 3 is 1.79 bits per heavy atom. The lowest BCUT2D eigenvalue weighted by Gasteiger charge is -2.22. The van der Waals surface area contributed by atoms with Gasteiger partial charge in [-0.25, -0.2) is 0 Å². The monoisotopic (exact) mass is 386 g/mol. The molecule has 0 saturated heterocycles. The molecule has 2 aromatic rings. The lowest BCUT2D eigenvalue weighted by molar-refractivity contribution is -0.385. The number of hydrogen-bond donors (Lipinski definition) is 1. The highest BCUT2D eigenvalue weighted by Gasteiger charge is 2.18. The summed E-state index contributed by atoms with van der Waals surface area (Å²) in [4.78, 5) is 46.2. The van der Waals surface area contributed by atoms with Gasteiger partial charge in [-0.2, -0.15) is 0 Å². The van der Waals surface area contributed by atoms with Crippen molar-refractivity contribution in [1.29, 1.82) is 0 Å². The minimum absolute atomic E-state index is 0.108. The number of nitrogens with zero attached hydrogens (tertiary/aromatic N) is 3. The molecular formula is C18H18N4O6. The molecule has 10 nitrogen and oxygen atoms in total. The maximum Gasteiger partial charge on any atom is 0.269 e. The Labute approximate surface area is 160 Å². The first-order chi connectivity index (χ1) is 13.2. The second-order valence-corrected chi connectivity index (χ2v) is 6.17. The molecule has 1 unspecified atom stereocenters. The van der Waals surface area contributed by atoms with Crippen LogP contribution in [0.25, 0.3) is 0 Å². The number of rotatable bonds is 7. The molecule has 2 amide bonds. The summed E-state index contributed by atoms with van der Waals surface area (Å²) in [7, 11) is 1.55. The van der Waals surface area contributed by atoms with Crippen molar-refractivity contribution in [1.82, 2.24) is 10.2 Å². The van der Waals surface area contributed by atoms with Crippen LogP contribution in [-0.4, -0.2) is 46.2 Å². The smallest absolute Gasteiger partial charge is 0.269 e. The summed E-state index contributed by atoms with van der Waals surface area (Å²) in [6.45, 7) is 1.91. The minimum Gasteiger partial charge on any atom is -0.348 e. The second kappa shape index (κ2) is 8.71. The van der Waals surface area contributed by atoms with Crippen LogP contribution in [0.2, 0.25) is 0 Å². The third-order valence-corrected chi connectivity index (χ3v) is 3.94. The van der Waals surface area contributed by atoms with Crippen molar-refractivity contribution in [3.8, 4) is 0 Å². The number of nitrogens with one attached hydrogen (secondary N) is 1. The second-order valence-electron chi connectivity index (χ2n) is 6.17. The zero-order valence-electron chi connectivity index (χ0n) is 15.2. The van der Waals surface area contributed by atoms with E-state index in [0.29, 0.717) is 5.56 Å². The standard InChI is InChI=1S/C18H18N4O6/c1-12(19-17(23)13-3-7-15(8-4-13)21(25)26)11-20(2)18(24)14-5-9-16(10-6-14)22(27)28/h3-10,12H,11H2,1-2H3,(H,19,23). The first kappa shape index (κ1) is 20.5. The molecule has 0 radical (unpaired) electrons. The predicted molar refractivity (Wildman–Crippen MR) is 100 cm³/mol. The first-order valence-electron chi connectivity index (χ1n) is 8.24. The van der Waals surface area contributed by atoms with E-state index in [1.165, 1.54) is 53.4 Å². The number of nitro benzene ring substituents is 2. The zero-order chi connectivity index (χ0) is 20.8. The molecule has 0 heterocycles. The summed E-state index contributed by atoms with van der Waals surface area (Å²) in [5, 5.41) is 24.0. The number of nitro groups is 2. The van der Waals surface area contributed by atoms with Gasteiger partial charge in [-0.1, -0.05) is 0 Å². The van der Waals surface area contributed by atoms with Gasteiger partial charge in [0.2, 0.25) is 0 Å². The SMILES string of the molecule is CC(CN(C)C(=O)c1ccc([N+](=O)[O-])cc1)NC(=O)c1ccc([N+](=O)[O-])cc1. The largest absolute Gasteiger partial charge is 0.348 e. The van der Waals surface area contributed by atoms with Gasteiger partial charge < -0.3 is 10.2 Å². The molecule has 0 aliphatic carbocycles. The summed E-state index contributed by atoms with van der Waals surface area (Å²) in [5.41, 5.74) is 0.338. The third kappa shape index (κ3) is 5.10. The molecule has 0 fully saturated rings. The van der Waals surface area contributed by atoms with Crippen molar-refractivity contribution in [3.63, 3.8) is 0 Å². The molecule has 28 heavy (non-hydrogen) atoms. The van der Waals surface area contributed by atoms with Crippen LogP contribution in [0.5, 0.6) is 0 Å².